The molecule has 0 aliphatic carbocycles. The number of nitrogen functional groups attached to an aromatic ring is 1. The number of rotatable bonds is 2. The van der Waals surface area contributed by atoms with E-state index in [1.165, 1.54) is 4.88 Å². The van der Waals surface area contributed by atoms with Crippen molar-refractivity contribution in [3.05, 3.63) is 16.3 Å². The van der Waals surface area contributed by atoms with Crippen LogP contribution in [0.3, 0.4) is 0 Å². The van der Waals surface area contributed by atoms with Crippen LogP contribution in [0.25, 0.3) is 0 Å². The summed E-state index contributed by atoms with van der Waals surface area (Å²) in [5.41, 5.74) is 6.44. The number of anilines is 1. The van der Waals surface area contributed by atoms with Gasteiger partial charge >= 0.3 is 0 Å². The van der Waals surface area contributed by atoms with Crippen LogP contribution in [0.2, 0.25) is 0 Å². The lowest BCUT2D eigenvalue weighted by molar-refractivity contribution is 0.372. The molecule has 2 unspecified atom stereocenters. The van der Waals surface area contributed by atoms with Crippen molar-refractivity contribution in [1.29, 1.82) is 0 Å². The molecular formula is C8H11NOS. The predicted molar refractivity (Wildman–Crippen MR) is 46.6 cm³/mol. The van der Waals surface area contributed by atoms with Crippen LogP contribution in [-0.2, 0) is 4.74 Å². The molecule has 1 fully saturated rings. The average Bonchev–Trinajstić information content (AvgIpc) is 2.68. The Morgan fingerprint density at radius 3 is 3.00 bits per heavy atom. The fraction of sp³-hybridized carbons (Fsp3) is 0.500. The number of nitrogens with two attached hydrogens (primary N) is 1. The third-order valence-corrected chi connectivity index (χ3v) is 2.92. The molecule has 0 bridgehead atoms. The maximum atomic E-state index is 5.59. The van der Waals surface area contributed by atoms with Crippen molar-refractivity contribution in [2.24, 2.45) is 0 Å². The topological polar surface area (TPSA) is 38.5 Å². The van der Waals surface area contributed by atoms with E-state index < -0.39 is 0 Å². The summed E-state index contributed by atoms with van der Waals surface area (Å²) in [6, 6.07) is 2.00. The van der Waals surface area contributed by atoms with Gasteiger partial charge in [-0.25, -0.2) is 0 Å². The summed E-state index contributed by atoms with van der Waals surface area (Å²) < 4.78 is 5.42. The number of hydrogen-bond donors (Lipinski definition) is 1. The van der Waals surface area contributed by atoms with E-state index in [0.29, 0.717) is 12.2 Å². The SMILES string of the molecule is CCC1OC1c1cc(N)cs1. The Balaban J connectivity index is 2.08. The van der Waals surface area contributed by atoms with Crippen molar-refractivity contribution in [2.45, 2.75) is 25.6 Å². The lowest BCUT2D eigenvalue weighted by Crippen LogP contribution is -1.82. The summed E-state index contributed by atoms with van der Waals surface area (Å²) in [5, 5.41) is 1.96. The molecule has 1 aromatic heterocycles. The maximum Gasteiger partial charge on any atom is 0.118 e. The molecule has 1 aliphatic heterocycles. The lowest BCUT2D eigenvalue weighted by atomic mass is 10.2. The van der Waals surface area contributed by atoms with E-state index in [0.717, 1.165) is 12.1 Å². The second-order valence-electron chi connectivity index (χ2n) is 2.79. The molecule has 1 saturated heterocycles. The van der Waals surface area contributed by atoms with Crippen LogP contribution in [-0.4, -0.2) is 6.10 Å². The van der Waals surface area contributed by atoms with Crippen LogP contribution >= 0.6 is 11.3 Å². The Morgan fingerprint density at radius 2 is 2.55 bits per heavy atom. The van der Waals surface area contributed by atoms with Crippen LogP contribution in [0.5, 0.6) is 0 Å². The predicted octanol–water partition coefficient (Wildman–Crippen LogP) is 2.18. The molecule has 11 heavy (non-hydrogen) atoms. The number of thiophene rings is 1. The minimum absolute atomic E-state index is 0.349. The quantitative estimate of drug-likeness (QED) is 0.689. The van der Waals surface area contributed by atoms with Gasteiger partial charge in [0.25, 0.3) is 0 Å². The van der Waals surface area contributed by atoms with E-state index in [2.05, 4.69) is 6.92 Å². The van der Waals surface area contributed by atoms with E-state index >= 15 is 0 Å². The fourth-order valence-corrected chi connectivity index (χ4v) is 2.11. The molecule has 60 valence electrons. The zero-order chi connectivity index (χ0) is 7.84. The highest BCUT2D eigenvalue weighted by molar-refractivity contribution is 7.10. The van der Waals surface area contributed by atoms with Gasteiger partial charge in [0.2, 0.25) is 0 Å². The Kier molecular flexibility index (Phi) is 1.62. The normalized spacial score (nSPS) is 28.8. The first kappa shape index (κ1) is 7.13. The third kappa shape index (κ3) is 1.26. The molecule has 2 heterocycles. The van der Waals surface area contributed by atoms with E-state index in [9.17, 15) is 0 Å². The van der Waals surface area contributed by atoms with Crippen molar-refractivity contribution >= 4 is 17.0 Å². The molecule has 0 aromatic carbocycles. The summed E-state index contributed by atoms with van der Waals surface area (Å²) >= 11 is 1.69. The highest BCUT2D eigenvalue weighted by Crippen LogP contribution is 2.43. The van der Waals surface area contributed by atoms with Crippen molar-refractivity contribution in [1.82, 2.24) is 0 Å². The minimum Gasteiger partial charge on any atom is -0.398 e. The molecule has 2 nitrogen and oxygen atoms in total. The van der Waals surface area contributed by atoms with Gasteiger partial charge in [0, 0.05) is 15.9 Å². The van der Waals surface area contributed by atoms with Gasteiger partial charge in [-0.15, -0.1) is 11.3 Å². The van der Waals surface area contributed by atoms with Gasteiger partial charge in [-0.3, -0.25) is 0 Å². The second kappa shape index (κ2) is 2.50. The first-order chi connectivity index (χ1) is 5.31. The monoisotopic (exact) mass is 169 g/mol. The van der Waals surface area contributed by atoms with Crippen LogP contribution in [0, 0.1) is 0 Å². The van der Waals surface area contributed by atoms with Crippen LogP contribution < -0.4 is 5.73 Å². The standard InChI is InChI=1S/C8H11NOS/c1-2-6-8(10-6)7-3-5(9)4-11-7/h3-4,6,8H,2,9H2,1H3. The molecule has 2 N–H and O–H groups in total. The van der Waals surface area contributed by atoms with Gasteiger partial charge < -0.3 is 10.5 Å². The zero-order valence-electron chi connectivity index (χ0n) is 6.41. The molecule has 0 amide bonds. The molecule has 3 heteroatoms. The Hall–Kier alpha value is -0.540. The highest BCUT2D eigenvalue weighted by Gasteiger charge is 2.39. The second-order valence-corrected chi connectivity index (χ2v) is 3.73. The van der Waals surface area contributed by atoms with Gasteiger partial charge in [0.15, 0.2) is 0 Å². The third-order valence-electron chi connectivity index (χ3n) is 1.91. The van der Waals surface area contributed by atoms with Crippen molar-refractivity contribution in [3.63, 3.8) is 0 Å². The summed E-state index contributed by atoms with van der Waals surface area (Å²) in [5.74, 6) is 0. The number of ether oxygens (including phenoxy) is 1. The van der Waals surface area contributed by atoms with E-state index in [1.54, 1.807) is 11.3 Å². The minimum atomic E-state index is 0.349. The van der Waals surface area contributed by atoms with Crippen LogP contribution in [0.1, 0.15) is 24.3 Å². The van der Waals surface area contributed by atoms with Gasteiger partial charge in [-0.1, -0.05) is 6.92 Å². The van der Waals surface area contributed by atoms with Gasteiger partial charge in [0.05, 0.1) is 6.10 Å². The summed E-state index contributed by atoms with van der Waals surface area (Å²) in [6.45, 7) is 2.14. The van der Waals surface area contributed by atoms with E-state index in [4.69, 9.17) is 10.5 Å². The number of hydrogen-bond acceptors (Lipinski definition) is 3. The molecule has 2 atom stereocenters. The van der Waals surface area contributed by atoms with E-state index in [1.807, 2.05) is 11.4 Å². The van der Waals surface area contributed by atoms with E-state index in [-0.39, 0.29) is 0 Å². The lowest BCUT2D eigenvalue weighted by Gasteiger charge is -1.84. The Labute approximate surface area is 70.0 Å². The summed E-state index contributed by atoms with van der Waals surface area (Å²) in [7, 11) is 0. The summed E-state index contributed by atoms with van der Waals surface area (Å²) in [6.07, 6.45) is 1.90. The zero-order valence-corrected chi connectivity index (χ0v) is 7.23. The first-order valence-corrected chi connectivity index (χ1v) is 4.68. The van der Waals surface area contributed by atoms with Gasteiger partial charge in [-0.2, -0.15) is 0 Å². The average molecular weight is 169 g/mol. The molecule has 0 radical (unpaired) electrons. The van der Waals surface area contributed by atoms with Crippen LogP contribution in [0.4, 0.5) is 5.69 Å². The van der Waals surface area contributed by atoms with Gasteiger partial charge in [-0.05, 0) is 12.5 Å². The summed E-state index contributed by atoms with van der Waals surface area (Å²) in [4.78, 5) is 1.27. The molecule has 1 aromatic rings. The fourth-order valence-electron chi connectivity index (χ4n) is 1.22. The Morgan fingerprint density at radius 1 is 1.73 bits per heavy atom. The first-order valence-electron chi connectivity index (χ1n) is 3.80. The van der Waals surface area contributed by atoms with Crippen LogP contribution in [0.15, 0.2) is 11.4 Å². The highest BCUT2D eigenvalue weighted by atomic mass is 32.1. The van der Waals surface area contributed by atoms with Crippen molar-refractivity contribution < 1.29 is 4.74 Å². The van der Waals surface area contributed by atoms with Crippen molar-refractivity contribution in [3.8, 4) is 0 Å². The molecule has 1 aliphatic rings. The Bertz CT molecular complexity index is 258. The van der Waals surface area contributed by atoms with Crippen molar-refractivity contribution in [2.75, 3.05) is 5.73 Å². The molecule has 0 spiro atoms. The number of epoxide rings is 1. The smallest absolute Gasteiger partial charge is 0.118 e. The molecule has 0 saturated carbocycles. The largest absolute Gasteiger partial charge is 0.398 e. The molecule has 2 rings (SSSR count). The maximum absolute atomic E-state index is 5.59. The van der Waals surface area contributed by atoms with Gasteiger partial charge in [0.1, 0.15) is 6.10 Å². The molecular weight excluding hydrogens is 158 g/mol.